The highest BCUT2D eigenvalue weighted by Crippen LogP contribution is 2.27. The van der Waals surface area contributed by atoms with Gasteiger partial charge in [0.25, 0.3) is 0 Å². The average molecular weight is 297 g/mol. The summed E-state index contributed by atoms with van der Waals surface area (Å²) < 4.78 is 8.09. The molecule has 0 aliphatic carbocycles. The Labute approximate surface area is 123 Å². The van der Waals surface area contributed by atoms with Crippen LogP contribution in [-0.2, 0) is 0 Å². The molecular weight excluding hydrogens is 286 g/mol. The van der Waals surface area contributed by atoms with Crippen molar-refractivity contribution >= 4 is 38.7 Å². The van der Waals surface area contributed by atoms with Gasteiger partial charge in [-0.25, -0.2) is 9.97 Å². The second-order valence-corrected chi connectivity index (χ2v) is 5.39. The molecule has 6 nitrogen and oxygen atoms in total. The molecule has 0 unspecified atom stereocenters. The van der Waals surface area contributed by atoms with Crippen LogP contribution in [0.15, 0.2) is 35.8 Å². The number of anilines is 1. The van der Waals surface area contributed by atoms with Gasteiger partial charge >= 0.3 is 0 Å². The lowest BCUT2D eigenvalue weighted by Crippen LogP contribution is -2.01. The molecule has 0 aliphatic rings. The van der Waals surface area contributed by atoms with Crippen molar-refractivity contribution in [2.45, 2.75) is 0 Å². The zero-order chi connectivity index (χ0) is 14.4. The second kappa shape index (κ2) is 4.42. The second-order valence-electron chi connectivity index (χ2n) is 4.51. The Balaban J connectivity index is 2.01. The molecule has 0 atom stereocenters. The minimum absolute atomic E-state index is 0.398. The molecule has 21 heavy (non-hydrogen) atoms. The fourth-order valence-corrected chi connectivity index (χ4v) is 3.02. The van der Waals surface area contributed by atoms with E-state index in [1.54, 1.807) is 24.5 Å². The predicted molar refractivity (Wildman–Crippen MR) is 83.0 cm³/mol. The Kier molecular flexibility index (Phi) is 2.55. The normalized spacial score (nSPS) is 11.3. The van der Waals surface area contributed by atoms with Crippen molar-refractivity contribution < 1.29 is 4.74 Å². The molecule has 0 saturated carbocycles. The minimum atomic E-state index is 0.398. The number of pyridine rings is 1. The van der Waals surface area contributed by atoms with Crippen LogP contribution in [0.1, 0.15) is 0 Å². The highest BCUT2D eigenvalue weighted by atomic mass is 32.1. The fourth-order valence-electron chi connectivity index (χ4n) is 2.31. The fraction of sp³-hybridized carbons (Fsp3) is 0.0714. The van der Waals surface area contributed by atoms with Gasteiger partial charge in [-0.1, -0.05) is 0 Å². The number of nitrogens with two attached hydrogens (primary N) is 1. The highest BCUT2D eigenvalue weighted by molar-refractivity contribution is 7.16. The van der Waals surface area contributed by atoms with E-state index in [4.69, 9.17) is 10.5 Å². The molecule has 7 heteroatoms. The topological polar surface area (TPSA) is 78.9 Å². The third kappa shape index (κ3) is 1.82. The first-order chi connectivity index (χ1) is 10.3. The van der Waals surface area contributed by atoms with Gasteiger partial charge in [0, 0.05) is 6.07 Å². The van der Waals surface area contributed by atoms with Gasteiger partial charge in [-0.15, -0.1) is 11.3 Å². The van der Waals surface area contributed by atoms with Crippen molar-refractivity contribution in [3.05, 3.63) is 35.8 Å². The first kappa shape index (κ1) is 12.1. The van der Waals surface area contributed by atoms with Gasteiger partial charge in [0.05, 0.1) is 28.5 Å². The number of nitrogens with zero attached hydrogens (tertiary/aromatic N) is 4. The van der Waals surface area contributed by atoms with Gasteiger partial charge in [-0.05, 0) is 24.3 Å². The van der Waals surface area contributed by atoms with Crippen molar-refractivity contribution in [3.8, 4) is 11.6 Å². The summed E-state index contributed by atoms with van der Waals surface area (Å²) in [6.45, 7) is 0. The van der Waals surface area contributed by atoms with Crippen LogP contribution in [-0.4, -0.2) is 26.6 Å². The number of aromatic nitrogens is 4. The maximum absolute atomic E-state index is 6.06. The minimum Gasteiger partial charge on any atom is -0.481 e. The summed E-state index contributed by atoms with van der Waals surface area (Å²) >= 11 is 1.59. The number of imidazole rings is 1. The summed E-state index contributed by atoms with van der Waals surface area (Å²) in [5.74, 6) is 0.928. The van der Waals surface area contributed by atoms with Gasteiger partial charge in [-0.3, -0.25) is 4.57 Å². The molecule has 0 spiro atoms. The van der Waals surface area contributed by atoms with Gasteiger partial charge < -0.3 is 10.5 Å². The van der Waals surface area contributed by atoms with E-state index in [2.05, 4.69) is 15.0 Å². The quantitative estimate of drug-likeness (QED) is 0.615. The number of hydrogen-bond acceptors (Lipinski definition) is 6. The van der Waals surface area contributed by atoms with Crippen molar-refractivity contribution in [2.24, 2.45) is 0 Å². The molecule has 104 valence electrons. The number of thiazole rings is 1. The van der Waals surface area contributed by atoms with E-state index in [1.807, 2.05) is 34.3 Å². The number of nitrogen functional groups attached to an aromatic ring is 1. The standard InChI is InChI=1S/C14H11N5OS/c1-20-12-5-4-10-13(18-12)19(14(15)17-10)8-2-3-9-11(6-8)21-7-16-9/h2-7H,1H3,(H2,15,17). The molecule has 0 amide bonds. The van der Waals surface area contributed by atoms with Crippen LogP contribution in [0, 0.1) is 0 Å². The van der Waals surface area contributed by atoms with Crippen molar-refractivity contribution in [3.63, 3.8) is 0 Å². The Morgan fingerprint density at radius 3 is 2.86 bits per heavy atom. The number of ether oxygens (including phenoxy) is 1. The molecule has 4 aromatic rings. The first-order valence-electron chi connectivity index (χ1n) is 6.29. The molecule has 0 aliphatic heterocycles. The lowest BCUT2D eigenvalue weighted by molar-refractivity contribution is 0.399. The third-order valence-corrected chi connectivity index (χ3v) is 4.08. The Morgan fingerprint density at radius 2 is 2.00 bits per heavy atom. The van der Waals surface area contributed by atoms with E-state index in [0.717, 1.165) is 21.4 Å². The molecule has 4 rings (SSSR count). The Hall–Kier alpha value is -2.67. The number of rotatable bonds is 2. The van der Waals surface area contributed by atoms with Gasteiger partial charge in [0.15, 0.2) is 5.65 Å². The van der Waals surface area contributed by atoms with Crippen LogP contribution in [0.4, 0.5) is 5.95 Å². The highest BCUT2D eigenvalue weighted by Gasteiger charge is 2.13. The van der Waals surface area contributed by atoms with Crippen LogP contribution >= 0.6 is 11.3 Å². The summed E-state index contributed by atoms with van der Waals surface area (Å²) in [6, 6.07) is 9.57. The number of methoxy groups -OCH3 is 1. The molecule has 0 radical (unpaired) electrons. The smallest absolute Gasteiger partial charge is 0.215 e. The van der Waals surface area contributed by atoms with Crippen LogP contribution < -0.4 is 10.5 Å². The van der Waals surface area contributed by atoms with E-state index in [-0.39, 0.29) is 0 Å². The molecule has 3 heterocycles. The van der Waals surface area contributed by atoms with E-state index in [1.165, 1.54) is 0 Å². The van der Waals surface area contributed by atoms with Crippen molar-refractivity contribution in [1.82, 2.24) is 19.5 Å². The van der Waals surface area contributed by atoms with Gasteiger partial charge in [0.2, 0.25) is 11.8 Å². The average Bonchev–Trinajstić information content (AvgIpc) is 3.08. The molecular formula is C14H11N5OS. The van der Waals surface area contributed by atoms with Crippen LogP contribution in [0.25, 0.3) is 27.1 Å². The summed E-state index contributed by atoms with van der Waals surface area (Å²) in [7, 11) is 1.58. The molecule has 0 bridgehead atoms. The molecule has 2 N–H and O–H groups in total. The third-order valence-electron chi connectivity index (χ3n) is 3.29. The zero-order valence-corrected chi connectivity index (χ0v) is 12.0. The molecule has 0 fully saturated rings. The van der Waals surface area contributed by atoms with E-state index in [9.17, 15) is 0 Å². The summed E-state index contributed by atoms with van der Waals surface area (Å²) in [5.41, 5.74) is 11.2. The van der Waals surface area contributed by atoms with Crippen molar-refractivity contribution in [1.29, 1.82) is 0 Å². The van der Waals surface area contributed by atoms with Crippen molar-refractivity contribution in [2.75, 3.05) is 12.8 Å². The molecule has 3 aromatic heterocycles. The SMILES string of the molecule is COc1ccc2nc(N)n(-c3ccc4ncsc4c3)c2n1. The summed E-state index contributed by atoms with van der Waals surface area (Å²) in [5, 5.41) is 0. The number of benzene rings is 1. The van der Waals surface area contributed by atoms with Crippen LogP contribution in [0.5, 0.6) is 5.88 Å². The largest absolute Gasteiger partial charge is 0.481 e. The molecule has 0 saturated heterocycles. The number of fused-ring (bicyclic) bond motifs is 2. The summed E-state index contributed by atoms with van der Waals surface area (Å²) in [4.78, 5) is 13.1. The first-order valence-corrected chi connectivity index (χ1v) is 7.17. The lowest BCUT2D eigenvalue weighted by Gasteiger charge is -2.06. The molecule has 1 aromatic carbocycles. The maximum Gasteiger partial charge on any atom is 0.215 e. The lowest BCUT2D eigenvalue weighted by atomic mass is 10.3. The van der Waals surface area contributed by atoms with Gasteiger partial charge in [-0.2, -0.15) is 4.98 Å². The van der Waals surface area contributed by atoms with Gasteiger partial charge in [0.1, 0.15) is 5.52 Å². The predicted octanol–water partition coefficient (Wildman–Crippen LogP) is 2.62. The Bertz CT molecular complexity index is 958. The maximum atomic E-state index is 6.06. The van der Waals surface area contributed by atoms with Crippen LogP contribution in [0.2, 0.25) is 0 Å². The number of hydrogen-bond donors (Lipinski definition) is 1. The van der Waals surface area contributed by atoms with E-state index in [0.29, 0.717) is 17.5 Å². The van der Waals surface area contributed by atoms with E-state index >= 15 is 0 Å². The Morgan fingerprint density at radius 1 is 1.14 bits per heavy atom. The monoisotopic (exact) mass is 297 g/mol. The zero-order valence-electron chi connectivity index (χ0n) is 11.1. The summed E-state index contributed by atoms with van der Waals surface area (Å²) in [6.07, 6.45) is 0. The van der Waals surface area contributed by atoms with Crippen LogP contribution in [0.3, 0.4) is 0 Å². The van der Waals surface area contributed by atoms with E-state index < -0.39 is 0 Å².